The van der Waals surface area contributed by atoms with E-state index in [4.69, 9.17) is 15.2 Å². The Balaban J connectivity index is 2.43. The van der Waals surface area contributed by atoms with Crippen molar-refractivity contribution in [2.75, 3.05) is 23.8 Å². The van der Waals surface area contributed by atoms with Gasteiger partial charge >= 0.3 is 5.97 Å². The minimum atomic E-state index is -1.05. The summed E-state index contributed by atoms with van der Waals surface area (Å²) in [7, 11) is 0. The van der Waals surface area contributed by atoms with Crippen molar-refractivity contribution >= 4 is 23.3 Å². The molecule has 0 bridgehead atoms. The predicted octanol–water partition coefficient (Wildman–Crippen LogP) is 1.34. The van der Waals surface area contributed by atoms with Crippen molar-refractivity contribution in [3.05, 3.63) is 18.2 Å². The van der Waals surface area contributed by atoms with Crippen molar-refractivity contribution < 1.29 is 19.1 Å². The second kappa shape index (κ2) is 5.03. The largest absolute Gasteiger partial charge is 0.476 e. The zero-order valence-corrected chi connectivity index (χ0v) is 11.8. The molecule has 1 aliphatic heterocycles. The Hall–Kier alpha value is -2.24. The van der Waals surface area contributed by atoms with Gasteiger partial charge in [0.05, 0.1) is 12.3 Å². The van der Waals surface area contributed by atoms with Gasteiger partial charge in [0.25, 0.3) is 5.91 Å². The van der Waals surface area contributed by atoms with Crippen LogP contribution in [0.5, 0.6) is 5.75 Å². The Labute approximate surface area is 117 Å². The van der Waals surface area contributed by atoms with Crippen LogP contribution in [0.4, 0.5) is 11.4 Å². The highest BCUT2D eigenvalue weighted by Crippen LogP contribution is 2.41. The first-order valence-electron chi connectivity index (χ1n) is 6.42. The Bertz CT molecular complexity index is 554. The maximum absolute atomic E-state index is 12.4. The fraction of sp³-hybridized carbons (Fsp3) is 0.429. The number of para-hydroxylation sites is 1. The number of nitrogen functional groups attached to an aromatic ring is 1. The van der Waals surface area contributed by atoms with Gasteiger partial charge in [-0.3, -0.25) is 14.5 Å². The van der Waals surface area contributed by atoms with Crippen LogP contribution < -0.4 is 15.4 Å². The molecule has 1 aliphatic rings. The maximum Gasteiger partial charge on any atom is 0.326 e. The molecule has 0 atom stereocenters. The quantitative estimate of drug-likeness (QED) is 0.666. The summed E-state index contributed by atoms with van der Waals surface area (Å²) in [6.07, 6.45) is 0. The third-order valence-corrected chi connectivity index (χ3v) is 3.02. The number of hydrogen-bond acceptors (Lipinski definition) is 5. The fourth-order valence-corrected chi connectivity index (χ4v) is 2.14. The normalized spacial score (nSPS) is 16.4. The molecule has 6 nitrogen and oxygen atoms in total. The number of ether oxygens (including phenoxy) is 2. The molecule has 0 radical (unpaired) electrons. The molecule has 1 amide bonds. The summed E-state index contributed by atoms with van der Waals surface area (Å²) in [4.78, 5) is 25.5. The number of anilines is 2. The lowest BCUT2D eigenvalue weighted by atomic mass is 10.0. The Morgan fingerprint density at radius 1 is 1.45 bits per heavy atom. The highest BCUT2D eigenvalue weighted by atomic mass is 16.5. The van der Waals surface area contributed by atoms with E-state index in [2.05, 4.69) is 0 Å². The first-order chi connectivity index (χ1) is 9.36. The molecule has 1 heterocycles. The molecule has 0 unspecified atom stereocenters. The molecule has 108 valence electrons. The molecular formula is C14H18N2O4. The first kappa shape index (κ1) is 14.2. The number of carbonyl (C=O) groups excluding carboxylic acids is 2. The highest BCUT2D eigenvalue weighted by Gasteiger charge is 2.42. The molecule has 2 rings (SSSR count). The van der Waals surface area contributed by atoms with Gasteiger partial charge in [0.15, 0.2) is 5.60 Å². The molecule has 2 N–H and O–H groups in total. The van der Waals surface area contributed by atoms with Gasteiger partial charge in [-0.05, 0) is 32.9 Å². The van der Waals surface area contributed by atoms with E-state index in [1.165, 1.54) is 4.90 Å². The van der Waals surface area contributed by atoms with Gasteiger partial charge in [0.2, 0.25) is 0 Å². The maximum atomic E-state index is 12.4. The number of hydrogen-bond donors (Lipinski definition) is 1. The molecule has 0 spiro atoms. The van der Waals surface area contributed by atoms with E-state index in [9.17, 15) is 9.59 Å². The monoisotopic (exact) mass is 278 g/mol. The van der Waals surface area contributed by atoms with Crippen LogP contribution in [0.15, 0.2) is 18.2 Å². The molecule has 0 aliphatic carbocycles. The average Bonchev–Trinajstić information content (AvgIpc) is 2.35. The van der Waals surface area contributed by atoms with Crippen molar-refractivity contribution in [3.63, 3.8) is 0 Å². The third kappa shape index (κ3) is 2.41. The SMILES string of the molecule is CCOC(=O)CN1C(=O)C(C)(C)Oc2cccc(N)c21. The molecular weight excluding hydrogens is 260 g/mol. The number of nitrogens with two attached hydrogens (primary N) is 1. The van der Waals surface area contributed by atoms with Gasteiger partial charge in [-0.2, -0.15) is 0 Å². The van der Waals surface area contributed by atoms with Crippen LogP contribution in [0.2, 0.25) is 0 Å². The minimum Gasteiger partial charge on any atom is -0.476 e. The third-order valence-electron chi connectivity index (χ3n) is 3.02. The fourth-order valence-electron chi connectivity index (χ4n) is 2.14. The van der Waals surface area contributed by atoms with Crippen molar-refractivity contribution in [1.29, 1.82) is 0 Å². The number of amides is 1. The van der Waals surface area contributed by atoms with E-state index in [-0.39, 0.29) is 19.1 Å². The zero-order valence-electron chi connectivity index (χ0n) is 11.8. The van der Waals surface area contributed by atoms with Crippen LogP contribution in [0.1, 0.15) is 20.8 Å². The van der Waals surface area contributed by atoms with Crippen molar-refractivity contribution in [1.82, 2.24) is 0 Å². The van der Waals surface area contributed by atoms with E-state index < -0.39 is 11.6 Å². The van der Waals surface area contributed by atoms with Crippen molar-refractivity contribution in [3.8, 4) is 5.75 Å². The smallest absolute Gasteiger partial charge is 0.326 e. The molecule has 0 saturated heterocycles. The van der Waals surface area contributed by atoms with E-state index in [0.29, 0.717) is 17.1 Å². The van der Waals surface area contributed by atoms with E-state index >= 15 is 0 Å². The highest BCUT2D eigenvalue weighted by molar-refractivity contribution is 6.07. The molecule has 1 aromatic carbocycles. The van der Waals surface area contributed by atoms with Gasteiger partial charge in [-0.1, -0.05) is 6.07 Å². The summed E-state index contributed by atoms with van der Waals surface area (Å²) in [5, 5.41) is 0. The lowest BCUT2D eigenvalue weighted by molar-refractivity contribution is -0.144. The van der Waals surface area contributed by atoms with E-state index in [1.807, 2.05) is 0 Å². The number of rotatable bonds is 3. The van der Waals surface area contributed by atoms with E-state index in [0.717, 1.165) is 0 Å². The molecule has 0 saturated carbocycles. The Kier molecular flexibility index (Phi) is 3.57. The van der Waals surface area contributed by atoms with Gasteiger partial charge < -0.3 is 15.2 Å². The lowest BCUT2D eigenvalue weighted by Crippen LogP contribution is -2.54. The van der Waals surface area contributed by atoms with Crippen LogP contribution in [-0.2, 0) is 14.3 Å². The number of fused-ring (bicyclic) bond motifs is 1. The van der Waals surface area contributed by atoms with Crippen LogP contribution in [0.25, 0.3) is 0 Å². The van der Waals surface area contributed by atoms with Crippen molar-refractivity contribution in [2.45, 2.75) is 26.4 Å². The number of benzene rings is 1. The Morgan fingerprint density at radius 2 is 2.15 bits per heavy atom. The second-order valence-electron chi connectivity index (χ2n) is 5.00. The van der Waals surface area contributed by atoms with E-state index in [1.54, 1.807) is 39.0 Å². The number of esters is 1. The van der Waals surface area contributed by atoms with Gasteiger partial charge in [-0.25, -0.2) is 0 Å². The second-order valence-corrected chi connectivity index (χ2v) is 5.00. The molecule has 0 aromatic heterocycles. The Morgan fingerprint density at radius 3 is 2.80 bits per heavy atom. The summed E-state index contributed by atoms with van der Waals surface area (Å²) in [5.74, 6) is -0.317. The summed E-state index contributed by atoms with van der Waals surface area (Å²) >= 11 is 0. The zero-order chi connectivity index (χ0) is 14.9. The van der Waals surface area contributed by atoms with Gasteiger partial charge in [-0.15, -0.1) is 0 Å². The lowest BCUT2D eigenvalue weighted by Gasteiger charge is -2.38. The standard InChI is InChI=1S/C14H18N2O4/c1-4-19-11(17)8-16-12-9(15)6-5-7-10(12)20-14(2,3)13(16)18/h5-7H,4,8,15H2,1-3H3. The molecule has 20 heavy (non-hydrogen) atoms. The van der Waals surface area contributed by atoms with Crippen molar-refractivity contribution in [2.24, 2.45) is 0 Å². The summed E-state index contributed by atoms with van der Waals surface area (Å²) in [6.45, 7) is 5.10. The topological polar surface area (TPSA) is 81.9 Å². The molecule has 1 aromatic rings. The summed E-state index contributed by atoms with van der Waals surface area (Å²) in [5.41, 5.74) is 5.66. The first-order valence-corrected chi connectivity index (χ1v) is 6.42. The minimum absolute atomic E-state index is 0.180. The number of carbonyl (C=O) groups is 2. The van der Waals surface area contributed by atoms with Gasteiger partial charge in [0, 0.05) is 0 Å². The predicted molar refractivity (Wildman–Crippen MR) is 74.5 cm³/mol. The van der Waals surface area contributed by atoms with Crippen LogP contribution in [-0.4, -0.2) is 30.6 Å². The van der Waals surface area contributed by atoms with Crippen LogP contribution >= 0.6 is 0 Å². The number of nitrogens with zero attached hydrogens (tertiary/aromatic N) is 1. The van der Waals surface area contributed by atoms with Crippen LogP contribution in [0.3, 0.4) is 0 Å². The molecule has 6 heteroatoms. The molecule has 0 fully saturated rings. The summed E-state index contributed by atoms with van der Waals surface area (Å²) < 4.78 is 10.6. The van der Waals surface area contributed by atoms with Gasteiger partial charge in [0.1, 0.15) is 18.0 Å². The van der Waals surface area contributed by atoms with Crippen LogP contribution in [0, 0.1) is 0 Å². The summed E-state index contributed by atoms with van der Waals surface area (Å²) in [6, 6.07) is 5.12. The average molecular weight is 278 g/mol.